The van der Waals surface area contributed by atoms with E-state index in [1.807, 2.05) is 0 Å². The molecule has 0 heterocycles. The molecule has 19 heteroatoms. The van der Waals surface area contributed by atoms with E-state index >= 15 is 0 Å². The van der Waals surface area contributed by atoms with Crippen molar-refractivity contribution in [1.29, 1.82) is 0 Å². The van der Waals surface area contributed by atoms with Gasteiger partial charge in [-0.1, -0.05) is 285 Å². The Bertz CT molecular complexity index is 1880. The molecule has 0 aromatic heterocycles. The quantitative estimate of drug-likeness (QED) is 0.0169. The monoisotopic (exact) mass is 1330 g/mol. The van der Waals surface area contributed by atoms with Gasteiger partial charge in [-0.3, -0.25) is 37.3 Å². The predicted octanol–water partition coefficient (Wildman–Crippen LogP) is 20.2. The third-order valence-electron chi connectivity index (χ3n) is 16.7. The zero-order chi connectivity index (χ0) is 67.3. The lowest BCUT2D eigenvalue weighted by Gasteiger charge is -2.21. The minimum absolute atomic E-state index is 0.0988. The molecule has 0 fully saturated rings. The van der Waals surface area contributed by atoms with Gasteiger partial charge < -0.3 is 33.8 Å². The van der Waals surface area contributed by atoms with Gasteiger partial charge in [0.25, 0.3) is 0 Å². The predicted molar refractivity (Wildman–Crippen MR) is 367 cm³/mol. The van der Waals surface area contributed by atoms with Crippen LogP contribution in [0.25, 0.3) is 0 Å². The van der Waals surface area contributed by atoms with Crippen LogP contribution >= 0.6 is 15.6 Å². The second-order valence-electron chi connectivity index (χ2n) is 26.3. The maximum absolute atomic E-state index is 13.0. The highest BCUT2D eigenvalue weighted by molar-refractivity contribution is 7.47. The summed E-state index contributed by atoms with van der Waals surface area (Å²) in [7, 11) is -9.92. The average molecular weight is 1340 g/mol. The highest BCUT2D eigenvalue weighted by atomic mass is 31.2. The van der Waals surface area contributed by atoms with Gasteiger partial charge in [-0.05, 0) is 69.1 Å². The molecule has 0 bridgehead atoms. The summed E-state index contributed by atoms with van der Waals surface area (Å²) >= 11 is 0. The molecule has 3 N–H and O–H groups in total. The van der Waals surface area contributed by atoms with Crippen molar-refractivity contribution in [3.05, 3.63) is 24.3 Å². The number of unbranched alkanes of at least 4 members (excludes halogenated alkanes) is 31. The van der Waals surface area contributed by atoms with Gasteiger partial charge >= 0.3 is 39.5 Å². The highest BCUT2D eigenvalue weighted by Gasteiger charge is 2.30. The topological polar surface area (TPSA) is 237 Å². The molecule has 0 spiro atoms. The summed E-state index contributed by atoms with van der Waals surface area (Å²) in [5.41, 5.74) is 0. The van der Waals surface area contributed by atoms with Crippen molar-refractivity contribution >= 4 is 39.5 Å². The molecule has 0 saturated heterocycles. The fourth-order valence-corrected chi connectivity index (χ4v) is 11.9. The summed E-state index contributed by atoms with van der Waals surface area (Å²) in [6.45, 7) is 11.8. The van der Waals surface area contributed by atoms with Crippen molar-refractivity contribution in [1.82, 2.24) is 0 Å². The fraction of sp³-hybridized carbons (Fsp3) is 0.889. The van der Waals surface area contributed by atoms with Crippen molar-refractivity contribution in [3.8, 4) is 0 Å². The second-order valence-corrected chi connectivity index (χ2v) is 29.2. The summed E-state index contributed by atoms with van der Waals surface area (Å²) < 4.78 is 68.3. The van der Waals surface area contributed by atoms with Crippen LogP contribution in [0.5, 0.6) is 0 Å². The SMILES string of the molecule is CCCCCC/C=C\C=C/CCCCCCCC(=O)OC[C@H](COP(=O)(O)OCC(O)COP(=O)(O)OC[C@@H](COC(=O)CCCCCCCCCC(C)C)OC(=O)CCCCCCCCCCC(C)CC)OC(=O)CCCCCCCCCCCCC(C)CC. The molecular weight excluding hydrogens is 1200 g/mol. The lowest BCUT2D eigenvalue weighted by Crippen LogP contribution is -2.30. The maximum Gasteiger partial charge on any atom is 0.472 e. The first-order valence-corrected chi connectivity index (χ1v) is 39.7. The Morgan fingerprint density at radius 2 is 0.648 bits per heavy atom. The number of phosphoric ester groups is 2. The first-order valence-electron chi connectivity index (χ1n) is 36.7. The first kappa shape index (κ1) is 88.5. The largest absolute Gasteiger partial charge is 0.472 e. The van der Waals surface area contributed by atoms with Crippen LogP contribution in [0, 0.1) is 17.8 Å². The molecule has 7 atom stereocenters. The lowest BCUT2D eigenvalue weighted by molar-refractivity contribution is -0.161. The number of carbonyl (C=O) groups excluding carboxylic acids is 4. The zero-order valence-electron chi connectivity index (χ0n) is 58.8. The van der Waals surface area contributed by atoms with E-state index in [0.29, 0.717) is 31.6 Å². The van der Waals surface area contributed by atoms with Gasteiger partial charge in [0.05, 0.1) is 26.4 Å². The smallest absolute Gasteiger partial charge is 0.462 e. The molecule has 0 aromatic rings. The Labute approximate surface area is 554 Å². The summed E-state index contributed by atoms with van der Waals surface area (Å²) in [6, 6.07) is 0. The number of aliphatic hydroxyl groups is 1. The van der Waals surface area contributed by atoms with E-state index in [1.54, 1.807) is 0 Å². The summed E-state index contributed by atoms with van der Waals surface area (Å²) in [6.07, 6.45) is 49.3. The number of esters is 4. The number of allylic oxidation sites excluding steroid dienone is 4. The summed E-state index contributed by atoms with van der Waals surface area (Å²) in [4.78, 5) is 72.6. The molecule has 0 aliphatic rings. The van der Waals surface area contributed by atoms with Crippen LogP contribution in [-0.2, 0) is 65.4 Å². The summed E-state index contributed by atoms with van der Waals surface area (Å²) in [5.74, 6) is 0.115. The Kier molecular flexibility index (Phi) is 60.7. The molecule has 0 radical (unpaired) electrons. The molecule has 91 heavy (non-hydrogen) atoms. The van der Waals surface area contributed by atoms with Crippen LogP contribution in [0.1, 0.15) is 337 Å². The molecule has 0 saturated carbocycles. The Balaban J connectivity index is 5.30. The number of ether oxygens (including phenoxy) is 4. The third-order valence-corrected chi connectivity index (χ3v) is 18.6. The van der Waals surface area contributed by atoms with Crippen LogP contribution in [0.2, 0.25) is 0 Å². The van der Waals surface area contributed by atoms with Gasteiger partial charge in [0.15, 0.2) is 12.2 Å². The van der Waals surface area contributed by atoms with Crippen molar-refractivity contribution in [2.24, 2.45) is 17.8 Å². The number of rotatable bonds is 68. The fourth-order valence-electron chi connectivity index (χ4n) is 10.3. The lowest BCUT2D eigenvalue weighted by atomic mass is 9.99. The molecule has 0 aliphatic heterocycles. The van der Waals surface area contributed by atoms with E-state index in [2.05, 4.69) is 72.8 Å². The second kappa shape index (κ2) is 62.4. The van der Waals surface area contributed by atoms with Crippen LogP contribution in [0.3, 0.4) is 0 Å². The van der Waals surface area contributed by atoms with E-state index < -0.39 is 97.5 Å². The number of phosphoric acid groups is 2. The minimum Gasteiger partial charge on any atom is -0.462 e. The molecule has 0 amide bonds. The number of hydrogen-bond acceptors (Lipinski definition) is 15. The standard InChI is InChI=1S/C72H136O17P2/c1-8-11-12-13-14-15-16-17-18-19-20-24-32-39-46-53-69(74)82-59-67(88-71(76)55-48-41-33-25-22-21-23-30-37-44-51-64(6)9-2)61-86-90(78,79)84-57-66(73)58-85-91(80,81)87-62-68(60-83-70(75)54-47-40-35-28-29-36-43-50-63(4)5)89-72(77)56-49-42-34-27-26-31-38-45-52-65(7)10-3/h15-18,63-68,73H,8-14,19-62H2,1-7H3,(H,78,79)(H,80,81)/b16-15-,18-17-/t64?,65?,66?,67-,68-/m1/s1. The van der Waals surface area contributed by atoms with Crippen LogP contribution in [0.4, 0.5) is 0 Å². The van der Waals surface area contributed by atoms with E-state index in [1.165, 1.54) is 122 Å². The van der Waals surface area contributed by atoms with Gasteiger partial charge in [-0.15, -0.1) is 0 Å². The van der Waals surface area contributed by atoms with Crippen LogP contribution in [0.15, 0.2) is 24.3 Å². The van der Waals surface area contributed by atoms with Crippen molar-refractivity contribution < 1.29 is 80.2 Å². The Hall–Kier alpha value is -2.46. The normalized spacial score (nSPS) is 14.9. The van der Waals surface area contributed by atoms with Crippen LogP contribution < -0.4 is 0 Å². The van der Waals surface area contributed by atoms with Gasteiger partial charge in [0, 0.05) is 25.7 Å². The van der Waals surface area contributed by atoms with E-state index in [0.717, 1.165) is 127 Å². The van der Waals surface area contributed by atoms with Gasteiger partial charge in [-0.2, -0.15) is 0 Å². The van der Waals surface area contributed by atoms with E-state index in [-0.39, 0.29) is 25.7 Å². The number of carbonyl (C=O) groups is 4. The van der Waals surface area contributed by atoms with Gasteiger partial charge in [-0.25, -0.2) is 9.13 Å². The Morgan fingerprint density at radius 1 is 0.363 bits per heavy atom. The summed E-state index contributed by atoms with van der Waals surface area (Å²) in [5, 5.41) is 10.6. The van der Waals surface area contributed by atoms with E-state index in [9.17, 15) is 43.2 Å². The van der Waals surface area contributed by atoms with Gasteiger partial charge in [0.2, 0.25) is 0 Å². The third kappa shape index (κ3) is 63.4. The van der Waals surface area contributed by atoms with Gasteiger partial charge in [0.1, 0.15) is 19.3 Å². The first-order chi connectivity index (χ1) is 43.8. The van der Waals surface area contributed by atoms with Crippen molar-refractivity contribution in [2.75, 3.05) is 39.6 Å². The molecule has 0 aliphatic carbocycles. The van der Waals surface area contributed by atoms with Crippen molar-refractivity contribution in [3.63, 3.8) is 0 Å². The molecule has 536 valence electrons. The maximum atomic E-state index is 13.0. The molecule has 5 unspecified atom stereocenters. The molecular formula is C72H136O17P2. The van der Waals surface area contributed by atoms with Crippen LogP contribution in [-0.4, -0.2) is 96.7 Å². The molecule has 0 aromatic carbocycles. The number of hydrogen-bond donors (Lipinski definition) is 3. The average Bonchev–Trinajstić information content (AvgIpc) is 3.54. The highest BCUT2D eigenvalue weighted by Crippen LogP contribution is 2.45. The zero-order valence-corrected chi connectivity index (χ0v) is 60.6. The van der Waals surface area contributed by atoms with E-state index in [4.69, 9.17) is 37.0 Å². The molecule has 17 nitrogen and oxygen atoms in total. The Morgan fingerprint density at radius 3 is 0.978 bits per heavy atom. The minimum atomic E-state index is -4.96. The van der Waals surface area contributed by atoms with Crippen molar-refractivity contribution in [2.45, 2.75) is 356 Å². The molecule has 0 rings (SSSR count). The number of aliphatic hydroxyl groups excluding tert-OH is 1.